The minimum absolute atomic E-state index is 0.0295. The lowest BCUT2D eigenvalue weighted by Gasteiger charge is -2.25. The first kappa shape index (κ1) is 15.1. The van der Waals surface area contributed by atoms with Crippen LogP contribution in [-0.4, -0.2) is 48.3 Å². The van der Waals surface area contributed by atoms with Crippen LogP contribution in [0.25, 0.3) is 0 Å². The Labute approximate surface area is 136 Å². The largest absolute Gasteiger partial charge is 0.445 e. The van der Waals surface area contributed by atoms with Crippen molar-refractivity contribution in [2.75, 3.05) is 26.4 Å². The molecule has 0 spiro atoms. The van der Waals surface area contributed by atoms with Gasteiger partial charge in [0.25, 0.3) is 0 Å². The zero-order valence-electron chi connectivity index (χ0n) is 13.5. The predicted octanol–water partition coefficient (Wildman–Crippen LogP) is 2.02. The molecule has 4 rings (SSSR count). The number of carbonyl (C=O) groups is 1. The zero-order chi connectivity index (χ0) is 15.6. The van der Waals surface area contributed by atoms with Crippen LogP contribution in [0.4, 0.5) is 0 Å². The molecule has 6 nitrogen and oxygen atoms in total. The molecule has 1 unspecified atom stereocenters. The van der Waals surface area contributed by atoms with Crippen molar-refractivity contribution in [2.45, 2.75) is 57.1 Å². The minimum atomic E-state index is 0.0295. The fourth-order valence-electron chi connectivity index (χ4n) is 3.41. The van der Waals surface area contributed by atoms with Crippen LogP contribution in [0.2, 0.25) is 0 Å². The second-order valence-electron chi connectivity index (χ2n) is 6.77. The minimum Gasteiger partial charge on any atom is -0.445 e. The Kier molecular flexibility index (Phi) is 4.35. The number of amides is 1. The molecule has 1 aromatic rings. The molecule has 1 aromatic heterocycles. The third kappa shape index (κ3) is 3.28. The van der Waals surface area contributed by atoms with Gasteiger partial charge in [-0.05, 0) is 25.7 Å². The van der Waals surface area contributed by atoms with Crippen LogP contribution < -0.4 is 0 Å². The summed E-state index contributed by atoms with van der Waals surface area (Å²) in [6, 6.07) is 0. The molecule has 1 aliphatic carbocycles. The highest BCUT2D eigenvalue weighted by molar-refractivity contribution is 5.77. The molecule has 1 saturated heterocycles. The Morgan fingerprint density at radius 1 is 1.30 bits per heavy atom. The third-order valence-corrected chi connectivity index (χ3v) is 5.10. The molecule has 23 heavy (non-hydrogen) atoms. The summed E-state index contributed by atoms with van der Waals surface area (Å²) in [7, 11) is 0. The van der Waals surface area contributed by atoms with Crippen molar-refractivity contribution in [3.8, 4) is 0 Å². The van der Waals surface area contributed by atoms with Crippen LogP contribution in [0.5, 0.6) is 0 Å². The van der Waals surface area contributed by atoms with Crippen LogP contribution in [0.15, 0.2) is 4.42 Å². The van der Waals surface area contributed by atoms with Gasteiger partial charge in [-0.1, -0.05) is 6.42 Å². The molecule has 0 N–H and O–H groups in total. The topological polar surface area (TPSA) is 64.8 Å². The number of hydrogen-bond donors (Lipinski definition) is 0. The normalized spacial score (nSPS) is 24.5. The summed E-state index contributed by atoms with van der Waals surface area (Å²) in [4.78, 5) is 18.7. The summed E-state index contributed by atoms with van der Waals surface area (Å²) < 4.78 is 16.9. The summed E-state index contributed by atoms with van der Waals surface area (Å²) >= 11 is 0. The molecule has 2 fully saturated rings. The zero-order valence-corrected chi connectivity index (χ0v) is 13.5. The lowest BCUT2D eigenvalue weighted by molar-refractivity contribution is -0.138. The van der Waals surface area contributed by atoms with Crippen molar-refractivity contribution < 1.29 is 18.7 Å². The Bertz CT molecular complexity index is 561. The summed E-state index contributed by atoms with van der Waals surface area (Å²) in [5, 5.41) is 0. The summed E-state index contributed by atoms with van der Waals surface area (Å²) in [5.74, 6) is 2.38. The van der Waals surface area contributed by atoms with E-state index in [2.05, 4.69) is 4.98 Å². The van der Waals surface area contributed by atoms with Gasteiger partial charge in [-0.3, -0.25) is 4.79 Å². The number of ether oxygens (including phenoxy) is 2. The van der Waals surface area contributed by atoms with Crippen molar-refractivity contribution in [3.05, 3.63) is 17.3 Å². The van der Waals surface area contributed by atoms with Crippen molar-refractivity contribution in [1.29, 1.82) is 0 Å². The number of hydrogen-bond acceptors (Lipinski definition) is 5. The maximum absolute atomic E-state index is 12.3. The van der Waals surface area contributed by atoms with Crippen molar-refractivity contribution in [2.24, 2.45) is 0 Å². The van der Waals surface area contributed by atoms with Gasteiger partial charge < -0.3 is 18.8 Å². The SMILES string of the molecule is O=C(COCC1CCCO1)N1CCc2oc(C3CCC3)nc2C1. The fraction of sp³-hybridized carbons (Fsp3) is 0.765. The quantitative estimate of drug-likeness (QED) is 0.830. The van der Waals surface area contributed by atoms with Gasteiger partial charge in [-0.15, -0.1) is 0 Å². The summed E-state index contributed by atoms with van der Waals surface area (Å²) in [6.45, 7) is 2.69. The first-order valence-corrected chi connectivity index (χ1v) is 8.75. The molecule has 3 aliphatic rings. The molecule has 1 saturated carbocycles. The number of carbonyl (C=O) groups excluding carboxylic acids is 1. The molecular formula is C17H24N2O4. The molecule has 0 bridgehead atoms. The standard InChI is InChI=1S/C17H24N2O4/c20-16(11-21-10-13-5-2-8-22-13)19-7-6-15-14(9-19)18-17(23-15)12-3-1-4-12/h12-13H,1-11H2. The number of fused-ring (bicyclic) bond motifs is 1. The fourth-order valence-corrected chi connectivity index (χ4v) is 3.41. The molecular weight excluding hydrogens is 296 g/mol. The number of oxazole rings is 1. The van der Waals surface area contributed by atoms with E-state index in [9.17, 15) is 4.79 Å². The van der Waals surface area contributed by atoms with E-state index in [1.807, 2.05) is 4.90 Å². The van der Waals surface area contributed by atoms with Crippen LogP contribution >= 0.6 is 0 Å². The predicted molar refractivity (Wildman–Crippen MR) is 82.0 cm³/mol. The van der Waals surface area contributed by atoms with Gasteiger partial charge >= 0.3 is 0 Å². The second-order valence-corrected chi connectivity index (χ2v) is 6.77. The maximum atomic E-state index is 12.3. The van der Waals surface area contributed by atoms with E-state index in [0.29, 0.717) is 25.6 Å². The van der Waals surface area contributed by atoms with E-state index < -0.39 is 0 Å². The summed E-state index contributed by atoms with van der Waals surface area (Å²) in [6.07, 6.45) is 6.67. The number of aromatic nitrogens is 1. The van der Waals surface area contributed by atoms with Gasteiger partial charge in [0.2, 0.25) is 5.91 Å². The lowest BCUT2D eigenvalue weighted by Crippen LogP contribution is -2.38. The van der Waals surface area contributed by atoms with Gasteiger partial charge in [-0.2, -0.15) is 0 Å². The molecule has 126 valence electrons. The van der Waals surface area contributed by atoms with Crippen LogP contribution in [0.1, 0.15) is 55.4 Å². The second kappa shape index (κ2) is 6.61. The van der Waals surface area contributed by atoms with Gasteiger partial charge in [-0.25, -0.2) is 4.98 Å². The molecule has 1 atom stereocenters. The molecule has 3 heterocycles. The highest BCUT2D eigenvalue weighted by Crippen LogP contribution is 2.37. The van der Waals surface area contributed by atoms with Crippen LogP contribution in [-0.2, 0) is 27.2 Å². The Balaban J connectivity index is 1.28. The van der Waals surface area contributed by atoms with E-state index in [0.717, 1.165) is 43.2 Å². The molecule has 2 aliphatic heterocycles. The van der Waals surface area contributed by atoms with E-state index in [1.165, 1.54) is 19.3 Å². The van der Waals surface area contributed by atoms with Gasteiger partial charge in [0.15, 0.2) is 5.89 Å². The van der Waals surface area contributed by atoms with Crippen molar-refractivity contribution in [1.82, 2.24) is 9.88 Å². The van der Waals surface area contributed by atoms with Gasteiger partial charge in [0.05, 0.1) is 19.3 Å². The average molecular weight is 320 g/mol. The molecule has 6 heteroatoms. The number of rotatable bonds is 5. The van der Waals surface area contributed by atoms with E-state index in [1.54, 1.807) is 0 Å². The van der Waals surface area contributed by atoms with Gasteiger partial charge in [0.1, 0.15) is 18.1 Å². The van der Waals surface area contributed by atoms with Crippen molar-refractivity contribution in [3.63, 3.8) is 0 Å². The van der Waals surface area contributed by atoms with Gasteiger partial charge in [0, 0.05) is 25.5 Å². The Hall–Kier alpha value is -1.40. The Morgan fingerprint density at radius 2 is 2.22 bits per heavy atom. The molecule has 0 radical (unpaired) electrons. The van der Waals surface area contributed by atoms with E-state index >= 15 is 0 Å². The van der Waals surface area contributed by atoms with Crippen LogP contribution in [0, 0.1) is 0 Å². The van der Waals surface area contributed by atoms with Crippen LogP contribution in [0.3, 0.4) is 0 Å². The molecule has 0 aromatic carbocycles. The monoisotopic (exact) mass is 320 g/mol. The smallest absolute Gasteiger partial charge is 0.248 e. The number of nitrogens with zero attached hydrogens (tertiary/aromatic N) is 2. The lowest BCUT2D eigenvalue weighted by atomic mass is 9.85. The first-order chi connectivity index (χ1) is 11.3. The highest BCUT2D eigenvalue weighted by Gasteiger charge is 2.30. The maximum Gasteiger partial charge on any atom is 0.248 e. The first-order valence-electron chi connectivity index (χ1n) is 8.75. The Morgan fingerprint density at radius 3 is 2.96 bits per heavy atom. The third-order valence-electron chi connectivity index (χ3n) is 5.10. The van der Waals surface area contributed by atoms with E-state index in [4.69, 9.17) is 13.9 Å². The van der Waals surface area contributed by atoms with Crippen molar-refractivity contribution >= 4 is 5.91 Å². The highest BCUT2D eigenvalue weighted by atomic mass is 16.5. The molecule has 1 amide bonds. The van der Waals surface area contributed by atoms with E-state index in [-0.39, 0.29) is 18.6 Å². The average Bonchev–Trinajstić information content (AvgIpc) is 3.13. The summed E-state index contributed by atoms with van der Waals surface area (Å²) in [5.41, 5.74) is 0.936.